The van der Waals surface area contributed by atoms with Gasteiger partial charge < -0.3 is 10.6 Å². The first kappa shape index (κ1) is 17.4. The van der Waals surface area contributed by atoms with Crippen LogP contribution in [0, 0.1) is 0 Å². The quantitative estimate of drug-likeness (QED) is 0.806. The number of hydrogen-bond donors (Lipinski definition) is 2. The molecular formula is C18H26N6O. The minimum Gasteiger partial charge on any atom is -0.337 e. The SMILES string of the molecule is CC[C@@H](CNC(=O)NCc1cccnc1-n1cccn1)N1CCCC1. The predicted octanol–water partition coefficient (Wildman–Crippen LogP) is 1.94. The maximum Gasteiger partial charge on any atom is 0.315 e. The summed E-state index contributed by atoms with van der Waals surface area (Å²) in [4.78, 5) is 19.0. The summed E-state index contributed by atoms with van der Waals surface area (Å²) in [5.41, 5.74) is 0.924. The number of rotatable bonds is 7. The van der Waals surface area contributed by atoms with E-state index in [2.05, 4.69) is 32.5 Å². The molecule has 25 heavy (non-hydrogen) atoms. The summed E-state index contributed by atoms with van der Waals surface area (Å²) in [6, 6.07) is 5.94. The average molecular weight is 342 g/mol. The van der Waals surface area contributed by atoms with Crippen molar-refractivity contribution in [3.8, 4) is 5.82 Å². The second kappa shape index (κ2) is 8.62. The van der Waals surface area contributed by atoms with Gasteiger partial charge in [-0.3, -0.25) is 4.90 Å². The van der Waals surface area contributed by atoms with E-state index in [9.17, 15) is 4.79 Å². The third-order valence-corrected chi connectivity index (χ3v) is 4.65. The topological polar surface area (TPSA) is 75.1 Å². The van der Waals surface area contributed by atoms with Crippen molar-refractivity contribution in [2.45, 2.75) is 38.8 Å². The van der Waals surface area contributed by atoms with Gasteiger partial charge in [0.05, 0.1) is 0 Å². The van der Waals surface area contributed by atoms with Gasteiger partial charge in [0.25, 0.3) is 0 Å². The highest BCUT2D eigenvalue weighted by atomic mass is 16.2. The molecule has 134 valence electrons. The first-order valence-corrected chi connectivity index (χ1v) is 8.97. The Morgan fingerprint density at radius 2 is 2.08 bits per heavy atom. The van der Waals surface area contributed by atoms with Crippen molar-refractivity contribution < 1.29 is 4.79 Å². The molecule has 1 atom stereocenters. The average Bonchev–Trinajstić information content (AvgIpc) is 3.35. The van der Waals surface area contributed by atoms with Crippen LogP contribution in [0.1, 0.15) is 31.7 Å². The Morgan fingerprint density at radius 1 is 1.24 bits per heavy atom. The van der Waals surface area contributed by atoms with Crippen molar-refractivity contribution in [2.24, 2.45) is 0 Å². The molecule has 7 heteroatoms. The monoisotopic (exact) mass is 342 g/mol. The van der Waals surface area contributed by atoms with E-state index in [1.54, 1.807) is 17.1 Å². The molecule has 0 bridgehead atoms. The lowest BCUT2D eigenvalue weighted by molar-refractivity contribution is 0.216. The minimum atomic E-state index is -0.145. The molecular weight excluding hydrogens is 316 g/mol. The molecule has 3 rings (SSSR count). The van der Waals surface area contributed by atoms with Crippen molar-refractivity contribution in [3.63, 3.8) is 0 Å². The highest BCUT2D eigenvalue weighted by Crippen LogP contribution is 2.13. The molecule has 0 spiro atoms. The van der Waals surface area contributed by atoms with Crippen molar-refractivity contribution in [1.29, 1.82) is 0 Å². The van der Waals surface area contributed by atoms with Crippen molar-refractivity contribution in [2.75, 3.05) is 19.6 Å². The number of carbonyl (C=O) groups excluding carboxylic acids is 1. The lowest BCUT2D eigenvalue weighted by Gasteiger charge is -2.26. The van der Waals surface area contributed by atoms with Gasteiger partial charge in [0.15, 0.2) is 5.82 Å². The fourth-order valence-corrected chi connectivity index (χ4v) is 3.26. The van der Waals surface area contributed by atoms with Gasteiger partial charge in [-0.05, 0) is 44.5 Å². The van der Waals surface area contributed by atoms with E-state index >= 15 is 0 Å². The van der Waals surface area contributed by atoms with E-state index in [0.29, 0.717) is 19.1 Å². The molecule has 1 aliphatic heterocycles. The van der Waals surface area contributed by atoms with E-state index in [4.69, 9.17) is 0 Å². The zero-order valence-electron chi connectivity index (χ0n) is 14.7. The molecule has 0 unspecified atom stereocenters. The Bertz CT molecular complexity index is 666. The van der Waals surface area contributed by atoms with E-state index < -0.39 is 0 Å². The summed E-state index contributed by atoms with van der Waals surface area (Å²) < 4.78 is 1.70. The summed E-state index contributed by atoms with van der Waals surface area (Å²) in [6.07, 6.45) is 8.85. The first-order valence-electron chi connectivity index (χ1n) is 8.97. The van der Waals surface area contributed by atoms with Crippen LogP contribution in [0.25, 0.3) is 5.82 Å². The Balaban J connectivity index is 1.51. The zero-order chi connectivity index (χ0) is 17.5. The standard InChI is InChI=1S/C18H26N6O/c1-2-16(23-10-3-4-11-23)14-21-18(25)20-13-15-7-5-8-19-17(15)24-12-6-9-22-24/h5-9,12,16H,2-4,10-11,13-14H2,1H3,(H2,20,21,25)/t16-/m0/s1. The lowest BCUT2D eigenvalue weighted by atomic mass is 10.2. The second-order valence-electron chi connectivity index (χ2n) is 6.31. The number of pyridine rings is 1. The minimum absolute atomic E-state index is 0.145. The Morgan fingerprint density at radius 3 is 2.80 bits per heavy atom. The fourth-order valence-electron chi connectivity index (χ4n) is 3.26. The first-order chi connectivity index (χ1) is 12.3. The molecule has 1 fully saturated rings. The Hall–Kier alpha value is -2.41. The van der Waals surface area contributed by atoms with Gasteiger partial charge in [-0.1, -0.05) is 13.0 Å². The maximum atomic E-state index is 12.2. The van der Waals surface area contributed by atoms with Crippen molar-refractivity contribution >= 4 is 6.03 Å². The number of nitrogens with zero attached hydrogens (tertiary/aromatic N) is 4. The number of carbonyl (C=O) groups is 1. The Labute approximate surface area is 148 Å². The van der Waals surface area contributed by atoms with Crippen LogP contribution in [0.2, 0.25) is 0 Å². The van der Waals surface area contributed by atoms with Crippen LogP contribution in [0.3, 0.4) is 0 Å². The van der Waals surface area contributed by atoms with Crippen molar-refractivity contribution in [3.05, 3.63) is 42.4 Å². The van der Waals surface area contributed by atoms with Gasteiger partial charge in [-0.15, -0.1) is 0 Å². The third-order valence-electron chi connectivity index (χ3n) is 4.65. The molecule has 0 radical (unpaired) electrons. The van der Waals surface area contributed by atoms with Crippen LogP contribution >= 0.6 is 0 Å². The third kappa shape index (κ3) is 4.57. The summed E-state index contributed by atoms with van der Waals surface area (Å²) in [7, 11) is 0. The number of hydrogen-bond acceptors (Lipinski definition) is 4. The molecule has 0 saturated carbocycles. The molecule has 2 N–H and O–H groups in total. The smallest absolute Gasteiger partial charge is 0.315 e. The van der Waals surface area contributed by atoms with E-state index in [0.717, 1.165) is 30.9 Å². The van der Waals surface area contributed by atoms with Gasteiger partial charge in [0, 0.05) is 43.3 Å². The summed E-state index contributed by atoms with van der Waals surface area (Å²) in [5.74, 6) is 0.733. The highest BCUT2D eigenvalue weighted by Gasteiger charge is 2.20. The van der Waals surface area contributed by atoms with E-state index in [1.807, 2.05) is 24.4 Å². The summed E-state index contributed by atoms with van der Waals surface area (Å²) in [6.45, 7) is 5.56. The normalized spacial score (nSPS) is 15.9. The molecule has 2 aromatic heterocycles. The van der Waals surface area contributed by atoms with E-state index in [1.165, 1.54) is 12.8 Å². The zero-order valence-corrected chi connectivity index (χ0v) is 14.7. The molecule has 1 aliphatic rings. The second-order valence-corrected chi connectivity index (χ2v) is 6.31. The fraction of sp³-hybridized carbons (Fsp3) is 0.500. The lowest BCUT2D eigenvalue weighted by Crippen LogP contribution is -2.45. The molecule has 2 aromatic rings. The van der Waals surface area contributed by atoms with Gasteiger partial charge in [0.1, 0.15) is 0 Å². The summed E-state index contributed by atoms with van der Waals surface area (Å²) in [5, 5.41) is 10.1. The van der Waals surface area contributed by atoms with Crippen molar-refractivity contribution in [1.82, 2.24) is 30.3 Å². The largest absolute Gasteiger partial charge is 0.337 e. The Kier molecular flexibility index (Phi) is 6.00. The van der Waals surface area contributed by atoms with Crippen LogP contribution in [-0.4, -0.2) is 51.4 Å². The number of urea groups is 1. The molecule has 7 nitrogen and oxygen atoms in total. The van der Waals surface area contributed by atoms with Gasteiger partial charge >= 0.3 is 6.03 Å². The molecule has 1 saturated heterocycles. The van der Waals surface area contributed by atoms with Gasteiger partial charge in [-0.2, -0.15) is 5.10 Å². The molecule has 0 aromatic carbocycles. The molecule has 3 heterocycles. The predicted molar refractivity (Wildman–Crippen MR) is 96.5 cm³/mol. The summed E-state index contributed by atoms with van der Waals surface area (Å²) >= 11 is 0. The highest BCUT2D eigenvalue weighted by molar-refractivity contribution is 5.73. The van der Waals surface area contributed by atoms with Crippen LogP contribution in [-0.2, 0) is 6.54 Å². The number of aromatic nitrogens is 3. The van der Waals surface area contributed by atoms with Gasteiger partial charge in [-0.25, -0.2) is 14.5 Å². The van der Waals surface area contributed by atoms with Crippen LogP contribution in [0.15, 0.2) is 36.8 Å². The molecule has 0 aliphatic carbocycles. The van der Waals surface area contributed by atoms with Crippen LogP contribution < -0.4 is 10.6 Å². The van der Waals surface area contributed by atoms with Crippen LogP contribution in [0.4, 0.5) is 4.79 Å². The van der Waals surface area contributed by atoms with Crippen LogP contribution in [0.5, 0.6) is 0 Å². The maximum absolute atomic E-state index is 12.2. The molecule has 2 amide bonds. The number of likely N-dealkylation sites (tertiary alicyclic amines) is 1. The van der Waals surface area contributed by atoms with E-state index in [-0.39, 0.29) is 6.03 Å². The number of nitrogens with one attached hydrogen (secondary N) is 2. The number of amides is 2. The van der Waals surface area contributed by atoms with Gasteiger partial charge in [0.2, 0.25) is 0 Å².